The van der Waals surface area contributed by atoms with E-state index < -0.39 is 89.6 Å². The Bertz CT molecular complexity index is 3820. The summed E-state index contributed by atoms with van der Waals surface area (Å²) in [7, 11) is -19.2. The standard InChI is InChI=1S/C47H35N7O15S4/c1-70(59,60)34-20-28-22-38(72(64,65)66)42(44(55)40(28)36(24-34)49-46(57)26-8-4-2-5-9-26)53-51-32-16-12-30(13-17-32)48-31-14-18-33(19-15-31)52-54-43-39(73(67,68)69)23-29-21-35(71(61,62)63)25-37(41(29)45(43)56)50-47(58)27-10-6-3-7-11-27/h2-25,48,55-56H,1H3,(H,49,57)(H,50,58)(H,61,62,63)(H,64,65,66)(H,67,68,69). The Morgan fingerprint density at radius 3 is 1.18 bits per heavy atom. The number of aromatic hydroxyl groups is 2. The summed E-state index contributed by atoms with van der Waals surface area (Å²) in [6, 6.07) is 32.9. The third-order valence-corrected chi connectivity index (χ3v) is 14.3. The van der Waals surface area contributed by atoms with Gasteiger partial charge in [0.2, 0.25) is 0 Å². The molecule has 0 aromatic heterocycles. The van der Waals surface area contributed by atoms with Crippen molar-refractivity contribution in [3.05, 3.63) is 157 Å². The molecular formula is C47H35N7O15S4. The second kappa shape index (κ2) is 19.6. The third-order valence-electron chi connectivity index (χ3n) is 10.7. The summed E-state index contributed by atoms with van der Waals surface area (Å²) in [5.74, 6) is -3.24. The van der Waals surface area contributed by atoms with E-state index in [4.69, 9.17) is 0 Å². The van der Waals surface area contributed by atoms with Gasteiger partial charge in [0.25, 0.3) is 42.2 Å². The van der Waals surface area contributed by atoms with Gasteiger partial charge in [-0.2, -0.15) is 35.5 Å². The number of anilines is 4. The quantitative estimate of drug-likeness (QED) is 0.0371. The lowest BCUT2D eigenvalue weighted by molar-refractivity contribution is 0.101. The van der Waals surface area contributed by atoms with Crippen LogP contribution in [0.3, 0.4) is 0 Å². The minimum atomic E-state index is -5.19. The second-order valence-corrected chi connectivity index (χ2v) is 22.0. The molecule has 2 amide bonds. The highest BCUT2D eigenvalue weighted by atomic mass is 32.2. The molecule has 73 heavy (non-hydrogen) atoms. The molecule has 0 saturated heterocycles. The summed E-state index contributed by atoms with van der Waals surface area (Å²) < 4.78 is 130. The van der Waals surface area contributed by atoms with E-state index in [0.29, 0.717) is 11.4 Å². The number of sulfone groups is 1. The number of amides is 2. The van der Waals surface area contributed by atoms with Gasteiger partial charge in [-0.3, -0.25) is 23.2 Å². The van der Waals surface area contributed by atoms with Crippen molar-refractivity contribution in [1.29, 1.82) is 0 Å². The summed E-state index contributed by atoms with van der Waals surface area (Å²) in [5, 5.41) is 45.9. The minimum absolute atomic E-state index is 0.101. The van der Waals surface area contributed by atoms with Gasteiger partial charge in [-0.1, -0.05) is 36.4 Å². The maximum atomic E-state index is 13.2. The molecule has 372 valence electrons. The van der Waals surface area contributed by atoms with E-state index in [-0.39, 0.29) is 60.3 Å². The van der Waals surface area contributed by atoms with Crippen LogP contribution in [0.5, 0.6) is 11.5 Å². The molecule has 0 fully saturated rings. The fraction of sp³-hybridized carbons (Fsp3) is 0.0213. The van der Waals surface area contributed by atoms with E-state index >= 15 is 0 Å². The van der Waals surface area contributed by atoms with Gasteiger partial charge in [-0.05, 0) is 120 Å². The lowest BCUT2D eigenvalue weighted by Gasteiger charge is -2.15. The van der Waals surface area contributed by atoms with E-state index in [0.717, 1.165) is 42.7 Å². The molecule has 0 saturated carbocycles. The lowest BCUT2D eigenvalue weighted by Crippen LogP contribution is -2.13. The molecule has 8 N–H and O–H groups in total. The predicted molar refractivity (Wildman–Crippen MR) is 267 cm³/mol. The average molecular weight is 1070 g/mol. The predicted octanol–water partition coefficient (Wildman–Crippen LogP) is 9.63. The number of carbonyl (C=O) groups excluding carboxylic acids is 2. The van der Waals surface area contributed by atoms with Crippen LogP contribution in [-0.4, -0.2) is 75.6 Å². The van der Waals surface area contributed by atoms with E-state index in [2.05, 4.69) is 36.4 Å². The summed E-state index contributed by atoms with van der Waals surface area (Å²) in [5.41, 5.74) is -0.616. The zero-order valence-electron chi connectivity index (χ0n) is 37.1. The molecule has 0 radical (unpaired) electrons. The Balaban J connectivity index is 1.05. The molecule has 0 spiro atoms. The Morgan fingerprint density at radius 1 is 0.452 bits per heavy atom. The Labute approximate surface area is 414 Å². The van der Waals surface area contributed by atoms with Gasteiger partial charge in [0, 0.05) is 39.5 Å². The number of phenolic OH excluding ortho intramolecular Hbond substituents is 2. The van der Waals surface area contributed by atoms with Gasteiger partial charge in [0.15, 0.2) is 21.3 Å². The first-order valence-corrected chi connectivity index (χ1v) is 26.9. The first kappa shape index (κ1) is 50.9. The largest absolute Gasteiger partial charge is 0.505 e. The summed E-state index contributed by atoms with van der Waals surface area (Å²) in [6.45, 7) is 0. The van der Waals surface area contributed by atoms with Crippen LogP contribution >= 0.6 is 0 Å². The van der Waals surface area contributed by atoms with Crippen LogP contribution in [0.4, 0.5) is 45.5 Å². The second-order valence-electron chi connectivity index (χ2n) is 15.7. The molecular weight excluding hydrogens is 1030 g/mol. The van der Waals surface area contributed by atoms with Gasteiger partial charge in [-0.25, -0.2) is 8.42 Å². The Kier molecular flexibility index (Phi) is 13.7. The van der Waals surface area contributed by atoms with Crippen molar-refractivity contribution in [1.82, 2.24) is 0 Å². The van der Waals surface area contributed by atoms with Crippen LogP contribution in [0.1, 0.15) is 20.7 Å². The minimum Gasteiger partial charge on any atom is -0.505 e. The number of hydrogen-bond donors (Lipinski definition) is 8. The van der Waals surface area contributed by atoms with Crippen LogP contribution in [0.25, 0.3) is 21.5 Å². The Hall–Kier alpha value is -8.50. The van der Waals surface area contributed by atoms with Gasteiger partial charge in [0.05, 0.1) is 32.5 Å². The molecule has 0 aliphatic rings. The van der Waals surface area contributed by atoms with E-state index in [1.54, 1.807) is 48.5 Å². The molecule has 0 aliphatic carbocycles. The summed E-state index contributed by atoms with van der Waals surface area (Å²) in [4.78, 5) is 23.2. The van der Waals surface area contributed by atoms with Gasteiger partial charge >= 0.3 is 0 Å². The van der Waals surface area contributed by atoms with Crippen molar-refractivity contribution in [2.45, 2.75) is 19.6 Å². The van der Waals surface area contributed by atoms with Gasteiger partial charge in [-0.15, -0.1) is 10.2 Å². The normalized spacial score (nSPS) is 12.4. The first-order valence-electron chi connectivity index (χ1n) is 20.7. The smallest absolute Gasteiger partial charge is 0.296 e. The van der Waals surface area contributed by atoms with Crippen molar-refractivity contribution >= 4 is 119 Å². The van der Waals surface area contributed by atoms with Gasteiger partial charge < -0.3 is 26.2 Å². The lowest BCUT2D eigenvalue weighted by atomic mass is 10.1. The van der Waals surface area contributed by atoms with Crippen molar-refractivity contribution in [2.24, 2.45) is 20.5 Å². The molecule has 8 aromatic rings. The molecule has 22 nitrogen and oxygen atoms in total. The molecule has 0 atom stereocenters. The highest BCUT2D eigenvalue weighted by Crippen LogP contribution is 2.47. The van der Waals surface area contributed by atoms with Crippen LogP contribution in [-0.2, 0) is 40.2 Å². The summed E-state index contributed by atoms with van der Waals surface area (Å²) in [6.07, 6.45) is 0.886. The van der Waals surface area contributed by atoms with E-state index in [1.807, 2.05) is 0 Å². The summed E-state index contributed by atoms with van der Waals surface area (Å²) >= 11 is 0. The van der Waals surface area contributed by atoms with Crippen LogP contribution in [0, 0.1) is 0 Å². The van der Waals surface area contributed by atoms with Crippen molar-refractivity contribution in [3.8, 4) is 11.5 Å². The number of carbonyl (C=O) groups is 2. The molecule has 0 aliphatic heterocycles. The SMILES string of the molecule is CS(=O)(=O)c1cc(NC(=O)c2ccccc2)c2c(O)c(N=Nc3ccc(Nc4ccc(N=Nc5c(S(=O)(=O)O)cc6cc(S(=O)(=O)O)cc(NC(=O)c7ccccc7)c6c5O)cc4)cc3)c(S(=O)(=O)O)cc2c1. The van der Waals surface area contributed by atoms with Crippen molar-refractivity contribution < 1.29 is 67.1 Å². The number of azo groups is 2. The zero-order valence-corrected chi connectivity index (χ0v) is 40.4. The zero-order chi connectivity index (χ0) is 52.6. The topological polar surface area (TPSA) is 357 Å². The highest BCUT2D eigenvalue weighted by Gasteiger charge is 2.28. The number of phenols is 2. The third kappa shape index (κ3) is 11.3. The monoisotopic (exact) mass is 1070 g/mol. The van der Waals surface area contributed by atoms with Crippen molar-refractivity contribution in [2.75, 3.05) is 22.2 Å². The average Bonchev–Trinajstić information content (AvgIpc) is 3.33. The molecule has 0 unspecified atom stereocenters. The number of nitrogens with zero attached hydrogens (tertiary/aromatic N) is 4. The number of benzene rings is 8. The number of rotatable bonds is 14. The number of hydrogen-bond acceptors (Lipinski definition) is 17. The molecule has 8 rings (SSSR count). The van der Waals surface area contributed by atoms with E-state index in [1.165, 1.54) is 60.7 Å². The fourth-order valence-electron chi connectivity index (χ4n) is 7.24. The molecule has 8 aromatic carbocycles. The first-order chi connectivity index (χ1) is 34.3. The van der Waals surface area contributed by atoms with Crippen LogP contribution < -0.4 is 16.0 Å². The van der Waals surface area contributed by atoms with Crippen LogP contribution in [0.2, 0.25) is 0 Å². The molecule has 0 bridgehead atoms. The van der Waals surface area contributed by atoms with Gasteiger partial charge in [0.1, 0.15) is 21.2 Å². The highest BCUT2D eigenvalue weighted by molar-refractivity contribution is 7.90. The number of fused-ring (bicyclic) bond motifs is 2. The number of nitrogens with one attached hydrogen (secondary N) is 3. The molecule has 26 heteroatoms. The van der Waals surface area contributed by atoms with Crippen molar-refractivity contribution in [3.63, 3.8) is 0 Å². The maximum absolute atomic E-state index is 13.2. The fourth-order valence-corrected chi connectivity index (χ4v) is 9.77. The Morgan fingerprint density at radius 2 is 0.822 bits per heavy atom. The van der Waals surface area contributed by atoms with E-state index in [9.17, 15) is 67.1 Å². The maximum Gasteiger partial charge on any atom is 0.296 e. The van der Waals surface area contributed by atoms with Crippen LogP contribution in [0.15, 0.2) is 186 Å². The molecule has 0 heterocycles.